The molecule has 1 amide bonds. The highest BCUT2D eigenvalue weighted by molar-refractivity contribution is 5.88. The number of anilines is 1. The molecule has 0 aromatic heterocycles. The van der Waals surface area contributed by atoms with E-state index in [2.05, 4.69) is 41.2 Å². The average molecular weight is 273 g/mol. The van der Waals surface area contributed by atoms with Crippen LogP contribution in [-0.2, 0) is 4.79 Å². The second-order valence-corrected chi connectivity index (χ2v) is 5.85. The first-order valence-corrected chi connectivity index (χ1v) is 7.52. The second kappa shape index (κ2) is 5.44. The molecule has 2 atom stereocenters. The maximum absolute atomic E-state index is 12.8. The molecule has 2 heterocycles. The minimum atomic E-state index is -0.00730. The van der Waals surface area contributed by atoms with Gasteiger partial charge in [0.1, 0.15) is 0 Å². The molecular weight excluding hydrogens is 250 g/mol. The monoisotopic (exact) mass is 273 g/mol. The summed E-state index contributed by atoms with van der Waals surface area (Å²) in [6.45, 7) is 5.63. The van der Waals surface area contributed by atoms with E-state index in [9.17, 15) is 4.79 Å². The van der Waals surface area contributed by atoms with Gasteiger partial charge in [0.25, 0.3) is 0 Å². The van der Waals surface area contributed by atoms with Crippen LogP contribution in [-0.4, -0.2) is 55.0 Å². The number of benzene rings is 1. The summed E-state index contributed by atoms with van der Waals surface area (Å²) in [6.07, 6.45) is 1.10. The Bertz CT molecular complexity index is 502. The van der Waals surface area contributed by atoms with Crippen molar-refractivity contribution in [3.8, 4) is 0 Å². The number of carbonyl (C=O) groups excluding carboxylic acids is 1. The maximum atomic E-state index is 12.8. The summed E-state index contributed by atoms with van der Waals surface area (Å²) in [7, 11) is 2.16. The first kappa shape index (κ1) is 13.4. The molecule has 0 bridgehead atoms. The molecule has 1 aromatic carbocycles. The number of hydrogen-bond acceptors (Lipinski definition) is 3. The van der Waals surface area contributed by atoms with Gasteiger partial charge in [0, 0.05) is 37.9 Å². The van der Waals surface area contributed by atoms with Crippen molar-refractivity contribution in [3.63, 3.8) is 0 Å². The molecule has 2 aliphatic heterocycles. The first-order valence-electron chi connectivity index (χ1n) is 7.52. The van der Waals surface area contributed by atoms with E-state index in [0.29, 0.717) is 6.04 Å². The van der Waals surface area contributed by atoms with Gasteiger partial charge in [-0.2, -0.15) is 0 Å². The summed E-state index contributed by atoms with van der Waals surface area (Å²) in [5.41, 5.74) is 2.27. The zero-order valence-electron chi connectivity index (χ0n) is 12.3. The Morgan fingerprint density at radius 1 is 1.35 bits per heavy atom. The quantitative estimate of drug-likeness (QED) is 0.891. The van der Waals surface area contributed by atoms with Gasteiger partial charge in [-0.25, -0.2) is 0 Å². The third-order valence-corrected chi connectivity index (χ3v) is 4.69. The highest BCUT2D eigenvalue weighted by atomic mass is 16.2. The lowest BCUT2D eigenvalue weighted by Crippen LogP contribution is -2.54. The van der Waals surface area contributed by atoms with E-state index >= 15 is 0 Å². The summed E-state index contributed by atoms with van der Waals surface area (Å²) < 4.78 is 0. The van der Waals surface area contributed by atoms with E-state index in [1.807, 2.05) is 12.1 Å². The third-order valence-electron chi connectivity index (χ3n) is 4.69. The molecule has 1 aromatic rings. The number of para-hydroxylation sites is 1. The second-order valence-electron chi connectivity index (χ2n) is 5.85. The maximum Gasteiger partial charge on any atom is 0.232 e. The van der Waals surface area contributed by atoms with Crippen LogP contribution in [0.3, 0.4) is 0 Å². The summed E-state index contributed by atoms with van der Waals surface area (Å²) in [4.78, 5) is 17.2. The number of fused-ring (bicyclic) bond motifs is 1. The number of rotatable bonds is 2. The number of nitrogens with zero attached hydrogens (tertiary/aromatic N) is 2. The predicted molar refractivity (Wildman–Crippen MR) is 81.0 cm³/mol. The van der Waals surface area contributed by atoms with E-state index in [1.165, 1.54) is 0 Å². The van der Waals surface area contributed by atoms with E-state index in [0.717, 1.165) is 43.9 Å². The summed E-state index contributed by atoms with van der Waals surface area (Å²) in [5.74, 6) is 0.279. The van der Waals surface area contributed by atoms with Crippen LogP contribution >= 0.6 is 0 Å². The first-order chi connectivity index (χ1) is 9.70. The molecule has 20 heavy (non-hydrogen) atoms. The molecule has 4 heteroatoms. The van der Waals surface area contributed by atoms with Gasteiger partial charge in [0.05, 0.1) is 5.92 Å². The Morgan fingerprint density at radius 2 is 2.15 bits per heavy atom. The van der Waals surface area contributed by atoms with Crippen molar-refractivity contribution in [2.24, 2.45) is 0 Å². The third kappa shape index (κ3) is 2.29. The van der Waals surface area contributed by atoms with Gasteiger partial charge >= 0.3 is 0 Å². The molecule has 108 valence electrons. The van der Waals surface area contributed by atoms with Crippen molar-refractivity contribution in [1.29, 1.82) is 0 Å². The smallest absolute Gasteiger partial charge is 0.232 e. The molecule has 0 spiro atoms. The van der Waals surface area contributed by atoms with Crippen LogP contribution in [0.5, 0.6) is 0 Å². The molecular formula is C16H23N3O. The lowest BCUT2D eigenvalue weighted by molar-refractivity contribution is -0.135. The molecule has 0 aliphatic carbocycles. The van der Waals surface area contributed by atoms with E-state index < -0.39 is 0 Å². The minimum absolute atomic E-state index is 0.00730. The van der Waals surface area contributed by atoms with E-state index in [-0.39, 0.29) is 11.8 Å². The van der Waals surface area contributed by atoms with Gasteiger partial charge < -0.3 is 10.2 Å². The van der Waals surface area contributed by atoms with E-state index in [1.54, 1.807) is 0 Å². The molecule has 3 rings (SSSR count). The summed E-state index contributed by atoms with van der Waals surface area (Å²) in [6, 6.07) is 8.66. The van der Waals surface area contributed by atoms with Crippen LogP contribution in [0, 0.1) is 0 Å². The van der Waals surface area contributed by atoms with Crippen molar-refractivity contribution in [1.82, 2.24) is 9.80 Å². The van der Waals surface area contributed by atoms with Gasteiger partial charge in [0.15, 0.2) is 0 Å². The number of hydrogen-bond donors (Lipinski definition) is 1. The van der Waals surface area contributed by atoms with Crippen LogP contribution in [0.25, 0.3) is 0 Å². The Labute approximate surface area is 120 Å². The highest BCUT2D eigenvalue weighted by Crippen LogP contribution is 2.32. The predicted octanol–water partition coefficient (Wildman–Crippen LogP) is 1.75. The van der Waals surface area contributed by atoms with Gasteiger partial charge in [-0.1, -0.05) is 25.1 Å². The molecule has 1 fully saturated rings. The minimum Gasteiger partial charge on any atom is -0.384 e. The molecule has 0 radical (unpaired) electrons. The van der Waals surface area contributed by atoms with Crippen molar-refractivity contribution in [2.75, 3.05) is 38.5 Å². The topological polar surface area (TPSA) is 35.6 Å². The molecule has 0 saturated carbocycles. The average Bonchev–Trinajstić information content (AvgIpc) is 2.91. The lowest BCUT2D eigenvalue weighted by Gasteiger charge is -2.40. The standard InChI is InChI=1S/C16H23N3O/c1-3-12-11-19(9-8-18(12)2)16(20)14-10-17-15-7-5-4-6-13(14)15/h4-7,12,14,17H,3,8-11H2,1-2H3. The van der Waals surface area contributed by atoms with Crippen LogP contribution in [0.1, 0.15) is 24.8 Å². The summed E-state index contributed by atoms with van der Waals surface area (Å²) in [5, 5.41) is 3.35. The van der Waals surface area contributed by atoms with Crippen LogP contribution in [0.15, 0.2) is 24.3 Å². The molecule has 1 saturated heterocycles. The van der Waals surface area contributed by atoms with Crippen molar-refractivity contribution >= 4 is 11.6 Å². The van der Waals surface area contributed by atoms with Gasteiger partial charge in [-0.15, -0.1) is 0 Å². The lowest BCUT2D eigenvalue weighted by atomic mass is 9.98. The fourth-order valence-electron chi connectivity index (χ4n) is 3.31. The zero-order valence-corrected chi connectivity index (χ0v) is 12.3. The molecule has 2 aliphatic rings. The number of amides is 1. The molecule has 1 N–H and O–H groups in total. The Kier molecular flexibility index (Phi) is 3.66. The van der Waals surface area contributed by atoms with Gasteiger partial charge in [0.2, 0.25) is 5.91 Å². The van der Waals surface area contributed by atoms with Crippen molar-refractivity contribution < 1.29 is 4.79 Å². The summed E-state index contributed by atoms with van der Waals surface area (Å²) >= 11 is 0. The Morgan fingerprint density at radius 3 is 2.95 bits per heavy atom. The van der Waals surface area contributed by atoms with Crippen LogP contribution in [0.2, 0.25) is 0 Å². The highest BCUT2D eigenvalue weighted by Gasteiger charge is 2.34. The normalized spacial score (nSPS) is 26.2. The van der Waals surface area contributed by atoms with E-state index in [4.69, 9.17) is 0 Å². The van der Waals surface area contributed by atoms with Crippen LogP contribution in [0.4, 0.5) is 5.69 Å². The molecule has 2 unspecified atom stereocenters. The number of carbonyl (C=O) groups is 1. The zero-order chi connectivity index (χ0) is 14.1. The Hall–Kier alpha value is -1.55. The fraction of sp³-hybridized carbons (Fsp3) is 0.562. The van der Waals surface area contributed by atoms with Crippen LogP contribution < -0.4 is 5.32 Å². The van der Waals surface area contributed by atoms with Gasteiger partial charge in [-0.05, 0) is 25.1 Å². The largest absolute Gasteiger partial charge is 0.384 e. The van der Waals surface area contributed by atoms with Crippen molar-refractivity contribution in [2.45, 2.75) is 25.3 Å². The number of likely N-dealkylation sites (N-methyl/N-ethyl adjacent to an activating group) is 1. The van der Waals surface area contributed by atoms with Crippen molar-refractivity contribution in [3.05, 3.63) is 29.8 Å². The number of nitrogens with one attached hydrogen (secondary N) is 1. The van der Waals surface area contributed by atoms with Gasteiger partial charge in [-0.3, -0.25) is 9.69 Å². The SMILES string of the molecule is CCC1CN(C(=O)C2CNc3ccccc32)CCN1C. The number of piperazine rings is 1. The molecule has 4 nitrogen and oxygen atoms in total. The fourth-order valence-corrected chi connectivity index (χ4v) is 3.31. The Balaban J connectivity index is 1.74.